The lowest BCUT2D eigenvalue weighted by Crippen LogP contribution is -2.44. The molecule has 0 spiro atoms. The number of nitrogens with zero attached hydrogens (tertiary/aromatic N) is 3. The zero-order valence-electron chi connectivity index (χ0n) is 15.5. The molecule has 1 aliphatic heterocycles. The summed E-state index contributed by atoms with van der Waals surface area (Å²) in [5, 5.41) is 6.90. The predicted molar refractivity (Wildman–Crippen MR) is 106 cm³/mol. The number of hydrogen-bond donors (Lipinski definition) is 2. The summed E-state index contributed by atoms with van der Waals surface area (Å²) in [6.45, 7) is 5.29. The minimum atomic E-state index is 0.387. The average molecular weight is 353 g/mol. The van der Waals surface area contributed by atoms with E-state index in [1.54, 1.807) is 13.2 Å². The van der Waals surface area contributed by atoms with Gasteiger partial charge < -0.3 is 20.3 Å². The van der Waals surface area contributed by atoms with Crippen molar-refractivity contribution in [2.75, 3.05) is 31.6 Å². The van der Waals surface area contributed by atoms with Gasteiger partial charge >= 0.3 is 0 Å². The fraction of sp³-hybridized carbons (Fsp3) is 0.400. The lowest BCUT2D eigenvalue weighted by Gasteiger charge is -2.20. The van der Waals surface area contributed by atoms with Gasteiger partial charge in [-0.25, -0.2) is 4.98 Å². The Labute approximate surface area is 155 Å². The zero-order valence-corrected chi connectivity index (χ0v) is 15.5. The highest BCUT2D eigenvalue weighted by molar-refractivity contribution is 5.80. The zero-order chi connectivity index (χ0) is 18.2. The van der Waals surface area contributed by atoms with Crippen LogP contribution in [-0.2, 0) is 6.54 Å². The summed E-state index contributed by atoms with van der Waals surface area (Å²) in [5.74, 6) is 1.48. The minimum absolute atomic E-state index is 0.387. The van der Waals surface area contributed by atoms with Crippen molar-refractivity contribution in [3.8, 4) is 5.88 Å². The molecular weight excluding hydrogens is 326 g/mol. The monoisotopic (exact) mass is 353 g/mol. The lowest BCUT2D eigenvalue weighted by molar-refractivity contribution is 0.326. The number of pyridine rings is 1. The van der Waals surface area contributed by atoms with E-state index in [1.807, 2.05) is 19.1 Å². The summed E-state index contributed by atoms with van der Waals surface area (Å²) in [6.07, 6.45) is 2.87. The molecule has 0 radical (unpaired) electrons. The van der Waals surface area contributed by atoms with E-state index in [0.717, 1.165) is 31.0 Å². The molecule has 2 heterocycles. The van der Waals surface area contributed by atoms with Crippen LogP contribution >= 0.6 is 0 Å². The van der Waals surface area contributed by atoms with Crippen molar-refractivity contribution < 1.29 is 4.74 Å². The molecule has 138 valence electrons. The van der Waals surface area contributed by atoms with Gasteiger partial charge in [-0.05, 0) is 37.1 Å². The molecule has 0 amide bonds. The largest absolute Gasteiger partial charge is 0.478 e. The number of rotatable bonds is 6. The lowest BCUT2D eigenvalue weighted by atomic mass is 10.2. The van der Waals surface area contributed by atoms with E-state index in [-0.39, 0.29) is 0 Å². The number of aliphatic imine (C=N–C) groups is 1. The molecule has 0 aliphatic carbocycles. The molecule has 0 saturated carbocycles. The number of aromatic nitrogens is 1. The highest BCUT2D eigenvalue weighted by Gasteiger charge is 2.23. The summed E-state index contributed by atoms with van der Waals surface area (Å²) in [5.41, 5.74) is 2.39. The van der Waals surface area contributed by atoms with Crippen LogP contribution in [0.1, 0.15) is 18.9 Å². The van der Waals surface area contributed by atoms with E-state index in [4.69, 9.17) is 4.74 Å². The molecule has 1 saturated heterocycles. The van der Waals surface area contributed by atoms with E-state index in [2.05, 4.69) is 55.8 Å². The number of guanidine groups is 1. The second-order valence-electron chi connectivity index (χ2n) is 6.27. The number of nitrogens with one attached hydrogen (secondary N) is 2. The molecule has 1 aromatic carbocycles. The topological polar surface area (TPSA) is 61.8 Å². The van der Waals surface area contributed by atoms with Gasteiger partial charge in [0.1, 0.15) is 0 Å². The van der Waals surface area contributed by atoms with Crippen molar-refractivity contribution in [3.05, 3.63) is 54.2 Å². The Morgan fingerprint density at radius 3 is 2.92 bits per heavy atom. The first-order valence-electron chi connectivity index (χ1n) is 9.13. The SMILES string of the molecule is CCOc1cc(CNC(=NC)NC2CCN(c3ccccc3)C2)ccn1. The second kappa shape index (κ2) is 9.08. The van der Waals surface area contributed by atoms with E-state index >= 15 is 0 Å². The van der Waals surface area contributed by atoms with Crippen LogP contribution in [-0.4, -0.2) is 43.7 Å². The quantitative estimate of drug-likeness (QED) is 0.617. The van der Waals surface area contributed by atoms with Crippen LogP contribution in [0.4, 0.5) is 5.69 Å². The molecule has 1 fully saturated rings. The Bertz CT molecular complexity index is 719. The van der Waals surface area contributed by atoms with E-state index in [0.29, 0.717) is 25.1 Å². The molecule has 26 heavy (non-hydrogen) atoms. The molecule has 3 rings (SSSR count). The standard InChI is InChI=1S/C20H27N5O/c1-3-26-19-13-16(9-11-22-19)14-23-20(21-2)24-17-10-12-25(15-17)18-7-5-4-6-8-18/h4-9,11,13,17H,3,10,12,14-15H2,1-2H3,(H2,21,23,24). The molecule has 1 aromatic heterocycles. The van der Waals surface area contributed by atoms with E-state index in [1.165, 1.54) is 5.69 Å². The summed E-state index contributed by atoms with van der Waals surface area (Å²) in [4.78, 5) is 11.0. The molecular formula is C20H27N5O. The number of ether oxygens (including phenoxy) is 1. The third-order valence-corrected chi connectivity index (χ3v) is 4.43. The first kappa shape index (κ1) is 18.0. The molecule has 0 bridgehead atoms. The number of anilines is 1. The first-order valence-corrected chi connectivity index (χ1v) is 9.13. The third-order valence-electron chi connectivity index (χ3n) is 4.43. The Balaban J connectivity index is 1.50. The Morgan fingerprint density at radius 2 is 2.15 bits per heavy atom. The second-order valence-corrected chi connectivity index (χ2v) is 6.27. The van der Waals surface area contributed by atoms with E-state index < -0.39 is 0 Å². The fourth-order valence-electron chi connectivity index (χ4n) is 3.11. The number of hydrogen-bond acceptors (Lipinski definition) is 4. The summed E-state index contributed by atoms with van der Waals surface area (Å²) in [7, 11) is 1.80. The van der Waals surface area contributed by atoms with Gasteiger partial charge in [-0.15, -0.1) is 0 Å². The summed E-state index contributed by atoms with van der Waals surface area (Å²) < 4.78 is 5.45. The number of para-hydroxylation sites is 1. The normalized spacial score (nSPS) is 17.2. The van der Waals surface area contributed by atoms with Crippen LogP contribution < -0.4 is 20.3 Å². The highest BCUT2D eigenvalue weighted by Crippen LogP contribution is 2.19. The summed E-state index contributed by atoms with van der Waals surface area (Å²) >= 11 is 0. The van der Waals surface area contributed by atoms with Crippen molar-refractivity contribution in [2.24, 2.45) is 4.99 Å². The van der Waals surface area contributed by atoms with Gasteiger partial charge in [0.2, 0.25) is 5.88 Å². The Morgan fingerprint density at radius 1 is 1.31 bits per heavy atom. The van der Waals surface area contributed by atoms with Crippen molar-refractivity contribution in [1.82, 2.24) is 15.6 Å². The predicted octanol–water partition coefficient (Wildman–Crippen LogP) is 2.42. The van der Waals surface area contributed by atoms with Crippen LogP contribution in [0, 0.1) is 0 Å². The first-order chi connectivity index (χ1) is 12.8. The van der Waals surface area contributed by atoms with Gasteiger partial charge in [0.25, 0.3) is 0 Å². The van der Waals surface area contributed by atoms with Crippen LogP contribution in [0.15, 0.2) is 53.7 Å². The van der Waals surface area contributed by atoms with Crippen LogP contribution in [0.25, 0.3) is 0 Å². The van der Waals surface area contributed by atoms with Crippen molar-refractivity contribution in [1.29, 1.82) is 0 Å². The Hall–Kier alpha value is -2.76. The third kappa shape index (κ3) is 4.88. The molecule has 6 heteroatoms. The molecule has 1 atom stereocenters. The maximum absolute atomic E-state index is 5.45. The van der Waals surface area contributed by atoms with Crippen molar-refractivity contribution in [2.45, 2.75) is 25.9 Å². The smallest absolute Gasteiger partial charge is 0.213 e. The maximum atomic E-state index is 5.45. The fourth-order valence-corrected chi connectivity index (χ4v) is 3.11. The van der Waals surface area contributed by atoms with Gasteiger partial charge in [-0.3, -0.25) is 4.99 Å². The number of benzene rings is 1. The van der Waals surface area contributed by atoms with Crippen molar-refractivity contribution in [3.63, 3.8) is 0 Å². The van der Waals surface area contributed by atoms with Crippen LogP contribution in [0.3, 0.4) is 0 Å². The van der Waals surface area contributed by atoms with Crippen LogP contribution in [0.2, 0.25) is 0 Å². The van der Waals surface area contributed by atoms with Crippen molar-refractivity contribution >= 4 is 11.6 Å². The van der Waals surface area contributed by atoms with Gasteiger partial charge in [0.05, 0.1) is 6.61 Å². The molecule has 2 N–H and O–H groups in total. The average Bonchev–Trinajstić information content (AvgIpc) is 3.15. The Kier molecular flexibility index (Phi) is 6.30. The maximum Gasteiger partial charge on any atom is 0.213 e. The molecule has 6 nitrogen and oxygen atoms in total. The highest BCUT2D eigenvalue weighted by atomic mass is 16.5. The van der Waals surface area contributed by atoms with Gasteiger partial charge in [0.15, 0.2) is 5.96 Å². The minimum Gasteiger partial charge on any atom is -0.478 e. The van der Waals surface area contributed by atoms with Gasteiger partial charge in [-0.1, -0.05) is 18.2 Å². The van der Waals surface area contributed by atoms with Crippen LogP contribution in [0.5, 0.6) is 5.88 Å². The molecule has 2 aromatic rings. The van der Waals surface area contributed by atoms with Gasteiger partial charge in [-0.2, -0.15) is 0 Å². The summed E-state index contributed by atoms with van der Waals surface area (Å²) in [6, 6.07) is 14.9. The van der Waals surface area contributed by atoms with Gasteiger partial charge in [0, 0.05) is 50.7 Å². The molecule has 1 aliphatic rings. The van der Waals surface area contributed by atoms with E-state index in [9.17, 15) is 0 Å². The molecule has 1 unspecified atom stereocenters.